The van der Waals surface area contributed by atoms with Gasteiger partial charge in [0, 0.05) is 72.4 Å². The standard InChI is InChI=1S/C55H44N5O.Pt/c1-54(2,3)37-31-32-56-53(33-37)60-47-20-9-6-17-43(47)44-30-29-42(35-52(44)60)61-41-16-14-15-40(34-41)58-36-57(50-23-12-13-24-51(50)58)38-25-27-39(28-26-38)59-48-21-10-7-18-45(48)55(4,5)46-19-8-11-22-49(46)59;/h6-33,36H,1-5H3;/q-3;. The van der Waals surface area contributed by atoms with E-state index in [-0.39, 0.29) is 31.9 Å². The van der Waals surface area contributed by atoms with E-state index in [0.717, 1.165) is 56.1 Å². The molecule has 2 aliphatic heterocycles. The van der Waals surface area contributed by atoms with Crippen molar-refractivity contribution in [1.82, 2.24) is 9.55 Å². The monoisotopic (exact) mass is 985 g/mol. The molecule has 0 spiro atoms. The summed E-state index contributed by atoms with van der Waals surface area (Å²) in [6.07, 6.45) is 1.90. The van der Waals surface area contributed by atoms with E-state index in [1.165, 1.54) is 28.1 Å². The van der Waals surface area contributed by atoms with Crippen molar-refractivity contribution in [3.8, 4) is 17.3 Å². The number of hydrogen-bond acceptors (Lipinski definition) is 5. The average molecular weight is 986 g/mol. The predicted molar refractivity (Wildman–Crippen MR) is 250 cm³/mol. The van der Waals surface area contributed by atoms with Gasteiger partial charge in [-0.1, -0.05) is 107 Å². The Balaban J connectivity index is 0.00000458. The summed E-state index contributed by atoms with van der Waals surface area (Å²) in [6, 6.07) is 64.9. The van der Waals surface area contributed by atoms with E-state index in [2.05, 4.69) is 218 Å². The van der Waals surface area contributed by atoms with Gasteiger partial charge in [-0.15, -0.1) is 48.1 Å². The largest absolute Gasteiger partial charge is 0.509 e. The molecule has 0 amide bonds. The third-order valence-electron chi connectivity index (χ3n) is 12.3. The summed E-state index contributed by atoms with van der Waals surface area (Å²) in [7, 11) is 0. The van der Waals surface area contributed by atoms with Crippen molar-refractivity contribution in [2.45, 2.75) is 45.4 Å². The SMILES string of the molecule is CC(C)(C)c1ccnc(-n2c3[c-]c(Oc4[c-]c(N5[CH-]N(c6ccc(N7c8ccccc8C(C)(C)c8ccccc87)cc6)c6ccccc65)ccc4)ccc3c3ccccc32)c1.[Pt]. The van der Waals surface area contributed by atoms with Crippen LogP contribution in [0.5, 0.6) is 11.5 Å². The van der Waals surface area contributed by atoms with E-state index in [9.17, 15) is 0 Å². The quantitative estimate of drug-likeness (QED) is 0.155. The minimum atomic E-state index is -0.106. The zero-order valence-electron chi connectivity index (χ0n) is 35.2. The van der Waals surface area contributed by atoms with Gasteiger partial charge >= 0.3 is 0 Å². The number of para-hydroxylation sites is 5. The van der Waals surface area contributed by atoms with Gasteiger partial charge in [-0.2, -0.15) is 12.1 Å². The van der Waals surface area contributed by atoms with Crippen LogP contribution in [0.25, 0.3) is 27.6 Å². The van der Waals surface area contributed by atoms with Crippen LogP contribution in [0, 0.1) is 18.8 Å². The molecule has 11 rings (SSSR count). The summed E-state index contributed by atoms with van der Waals surface area (Å²) < 4.78 is 8.77. The number of nitrogens with zero attached hydrogens (tertiary/aromatic N) is 5. The van der Waals surface area contributed by atoms with E-state index < -0.39 is 0 Å². The fourth-order valence-corrected chi connectivity index (χ4v) is 9.15. The van der Waals surface area contributed by atoms with Crippen LogP contribution in [0.2, 0.25) is 0 Å². The summed E-state index contributed by atoms with van der Waals surface area (Å²) in [5.74, 6) is 2.06. The maximum Gasteiger partial charge on any atom is 0.135 e. The Labute approximate surface area is 377 Å². The first kappa shape index (κ1) is 39.5. The van der Waals surface area contributed by atoms with Gasteiger partial charge in [0.25, 0.3) is 0 Å². The Bertz CT molecular complexity index is 3100. The number of fused-ring (bicyclic) bond motifs is 6. The summed E-state index contributed by atoms with van der Waals surface area (Å²) >= 11 is 0. The van der Waals surface area contributed by atoms with Gasteiger partial charge in [0.15, 0.2) is 0 Å². The fourth-order valence-electron chi connectivity index (χ4n) is 9.15. The Kier molecular flexibility index (Phi) is 9.61. The zero-order valence-corrected chi connectivity index (χ0v) is 37.5. The number of pyridine rings is 1. The van der Waals surface area contributed by atoms with E-state index in [4.69, 9.17) is 9.72 Å². The molecule has 4 heterocycles. The molecule has 7 aromatic carbocycles. The second-order valence-corrected chi connectivity index (χ2v) is 17.4. The van der Waals surface area contributed by atoms with E-state index in [1.54, 1.807) is 0 Å². The van der Waals surface area contributed by atoms with Gasteiger partial charge in [0.1, 0.15) is 5.82 Å². The van der Waals surface area contributed by atoms with Crippen molar-refractivity contribution >= 4 is 61.6 Å². The first-order valence-corrected chi connectivity index (χ1v) is 20.9. The number of rotatable bonds is 6. The summed E-state index contributed by atoms with van der Waals surface area (Å²) in [5, 5.41) is 2.24. The molecule has 0 saturated carbocycles. The third-order valence-corrected chi connectivity index (χ3v) is 12.3. The Morgan fingerprint density at radius 1 is 0.581 bits per heavy atom. The number of ether oxygens (including phenoxy) is 1. The molecule has 0 saturated heterocycles. The van der Waals surface area contributed by atoms with Gasteiger partial charge in [-0.05, 0) is 94.2 Å². The molecule has 0 fully saturated rings. The van der Waals surface area contributed by atoms with Crippen molar-refractivity contribution in [3.05, 3.63) is 205 Å². The second-order valence-electron chi connectivity index (χ2n) is 17.4. The topological polar surface area (TPSA) is 36.8 Å². The minimum Gasteiger partial charge on any atom is -0.509 e. The second kappa shape index (κ2) is 15.1. The van der Waals surface area contributed by atoms with Crippen LogP contribution in [0.3, 0.4) is 0 Å². The van der Waals surface area contributed by atoms with Gasteiger partial charge in [-0.25, -0.2) is 4.98 Å². The van der Waals surface area contributed by atoms with Gasteiger partial charge in [0.2, 0.25) is 0 Å². The molecule has 0 atom stereocenters. The van der Waals surface area contributed by atoms with Crippen LogP contribution in [-0.2, 0) is 31.9 Å². The van der Waals surface area contributed by atoms with Crippen molar-refractivity contribution in [3.63, 3.8) is 0 Å². The Hall–Kier alpha value is -6.62. The molecule has 0 unspecified atom stereocenters. The summed E-state index contributed by atoms with van der Waals surface area (Å²) in [6.45, 7) is 13.5. The normalized spacial score (nSPS) is 14.0. The molecular weight excluding hydrogens is 942 g/mol. The van der Waals surface area contributed by atoms with E-state index in [0.29, 0.717) is 11.5 Å². The first-order valence-electron chi connectivity index (χ1n) is 20.9. The first-order chi connectivity index (χ1) is 29.6. The predicted octanol–water partition coefficient (Wildman–Crippen LogP) is 14.4. The number of hydrogen-bond donors (Lipinski definition) is 0. The molecule has 7 heteroatoms. The fraction of sp³-hybridized carbons (Fsp3) is 0.127. The molecule has 308 valence electrons. The van der Waals surface area contributed by atoms with Crippen LogP contribution in [0.4, 0.5) is 39.8 Å². The average Bonchev–Trinajstić information content (AvgIpc) is 3.83. The number of anilines is 7. The number of benzene rings is 7. The Morgan fingerprint density at radius 3 is 1.90 bits per heavy atom. The van der Waals surface area contributed by atoms with Crippen LogP contribution in [0.15, 0.2) is 170 Å². The molecule has 62 heavy (non-hydrogen) atoms. The molecular formula is C55H44N5OPt-3. The van der Waals surface area contributed by atoms with Crippen molar-refractivity contribution in [2.24, 2.45) is 0 Å². The van der Waals surface area contributed by atoms with Crippen molar-refractivity contribution in [2.75, 3.05) is 14.7 Å². The summed E-state index contributed by atoms with van der Waals surface area (Å²) in [4.78, 5) is 11.6. The van der Waals surface area contributed by atoms with Crippen LogP contribution < -0.4 is 19.4 Å². The van der Waals surface area contributed by atoms with Gasteiger partial charge < -0.3 is 24.0 Å². The van der Waals surface area contributed by atoms with Crippen LogP contribution in [0.1, 0.15) is 51.3 Å². The zero-order chi connectivity index (χ0) is 41.5. The number of aromatic nitrogens is 2. The minimum absolute atomic E-state index is 0. The van der Waals surface area contributed by atoms with Gasteiger partial charge in [-0.3, -0.25) is 0 Å². The smallest absolute Gasteiger partial charge is 0.135 e. The van der Waals surface area contributed by atoms with Gasteiger partial charge in [0.05, 0.1) is 11.4 Å². The molecule has 9 aromatic rings. The molecule has 2 aromatic heterocycles. The maximum atomic E-state index is 6.58. The molecule has 0 bridgehead atoms. The maximum absolute atomic E-state index is 6.58. The van der Waals surface area contributed by atoms with E-state index in [1.807, 2.05) is 24.4 Å². The van der Waals surface area contributed by atoms with Crippen LogP contribution in [-0.4, -0.2) is 9.55 Å². The third kappa shape index (κ3) is 6.48. The Morgan fingerprint density at radius 2 is 1.19 bits per heavy atom. The van der Waals surface area contributed by atoms with Crippen molar-refractivity contribution in [1.29, 1.82) is 0 Å². The van der Waals surface area contributed by atoms with Crippen molar-refractivity contribution < 1.29 is 25.8 Å². The van der Waals surface area contributed by atoms with E-state index >= 15 is 0 Å². The summed E-state index contributed by atoms with van der Waals surface area (Å²) in [5.41, 5.74) is 13.3. The molecule has 0 aliphatic carbocycles. The molecule has 2 aliphatic rings. The molecule has 0 N–H and O–H groups in total. The molecule has 6 nitrogen and oxygen atoms in total. The molecule has 0 radical (unpaired) electrons. The van der Waals surface area contributed by atoms with Crippen LogP contribution >= 0.6 is 0 Å².